The molecule has 2 heterocycles. The van der Waals surface area contributed by atoms with Gasteiger partial charge in [0.15, 0.2) is 0 Å². The average Bonchev–Trinajstić information content (AvgIpc) is 2.60. The largest absolute Gasteiger partial charge is 0.496 e. The van der Waals surface area contributed by atoms with Crippen LogP contribution in [-0.2, 0) is 14.0 Å². The highest BCUT2D eigenvalue weighted by molar-refractivity contribution is 6.62. The Balaban J connectivity index is 2.11. The van der Waals surface area contributed by atoms with Crippen molar-refractivity contribution in [3.63, 3.8) is 0 Å². The Morgan fingerprint density at radius 2 is 1.76 bits per heavy atom. The zero-order valence-electron chi connectivity index (χ0n) is 13.7. The molecule has 0 radical (unpaired) electrons. The van der Waals surface area contributed by atoms with Gasteiger partial charge >= 0.3 is 7.12 Å². The van der Waals surface area contributed by atoms with Gasteiger partial charge in [0.2, 0.25) is 5.88 Å². The number of nitrogens with zero attached hydrogens (tertiary/aromatic N) is 1. The summed E-state index contributed by atoms with van der Waals surface area (Å²) in [6.45, 7) is 11.1. The van der Waals surface area contributed by atoms with E-state index in [1.807, 2.05) is 40.7 Å². The lowest BCUT2D eigenvalue weighted by atomic mass is 9.80. The molecule has 6 heteroatoms. The molecular weight excluding hydrogens is 269 g/mol. The summed E-state index contributed by atoms with van der Waals surface area (Å²) in [5.41, 5.74) is 1.17. The molecule has 21 heavy (non-hydrogen) atoms. The lowest BCUT2D eigenvalue weighted by Gasteiger charge is -2.32. The minimum absolute atomic E-state index is 0.348. The van der Waals surface area contributed by atoms with Crippen molar-refractivity contribution in [3.8, 4) is 5.88 Å². The van der Waals surface area contributed by atoms with Gasteiger partial charge in [0.1, 0.15) is 6.61 Å². The summed E-state index contributed by atoms with van der Waals surface area (Å²) in [7, 11) is 1.25. The molecule has 0 bridgehead atoms. The minimum Gasteiger partial charge on any atom is -0.475 e. The third-order valence-electron chi connectivity index (χ3n) is 4.10. The van der Waals surface area contributed by atoms with Crippen molar-refractivity contribution in [2.45, 2.75) is 45.8 Å². The molecule has 1 aromatic heterocycles. The summed E-state index contributed by atoms with van der Waals surface area (Å²) in [5, 5.41) is 0. The minimum atomic E-state index is -0.394. The molecule has 0 spiro atoms. The van der Waals surface area contributed by atoms with Crippen LogP contribution in [0.15, 0.2) is 12.3 Å². The third kappa shape index (κ3) is 3.39. The lowest BCUT2D eigenvalue weighted by molar-refractivity contribution is 0.00578. The van der Waals surface area contributed by atoms with Crippen molar-refractivity contribution >= 4 is 12.6 Å². The van der Waals surface area contributed by atoms with E-state index in [2.05, 4.69) is 4.98 Å². The van der Waals surface area contributed by atoms with E-state index in [4.69, 9.17) is 18.8 Å². The van der Waals surface area contributed by atoms with E-state index in [0.29, 0.717) is 19.1 Å². The van der Waals surface area contributed by atoms with Gasteiger partial charge in [0.05, 0.1) is 17.8 Å². The van der Waals surface area contributed by atoms with Gasteiger partial charge in [-0.05, 0) is 34.6 Å². The van der Waals surface area contributed by atoms with E-state index in [1.54, 1.807) is 13.3 Å². The maximum Gasteiger partial charge on any atom is 0.496 e. The summed E-state index contributed by atoms with van der Waals surface area (Å²) in [4.78, 5) is 4.35. The summed E-state index contributed by atoms with van der Waals surface area (Å²) >= 11 is 0. The molecule has 116 valence electrons. The number of pyridine rings is 1. The topological polar surface area (TPSA) is 49.8 Å². The van der Waals surface area contributed by atoms with Crippen molar-refractivity contribution in [1.82, 2.24) is 4.98 Å². The number of hydrogen-bond acceptors (Lipinski definition) is 5. The zero-order valence-corrected chi connectivity index (χ0v) is 13.7. The first-order valence-corrected chi connectivity index (χ1v) is 7.21. The van der Waals surface area contributed by atoms with Crippen LogP contribution in [0.4, 0.5) is 0 Å². The van der Waals surface area contributed by atoms with E-state index < -0.39 is 7.12 Å². The first kappa shape index (κ1) is 16.3. The number of rotatable bonds is 5. The van der Waals surface area contributed by atoms with Crippen molar-refractivity contribution in [1.29, 1.82) is 0 Å². The Kier molecular flexibility index (Phi) is 4.61. The van der Waals surface area contributed by atoms with Gasteiger partial charge in [-0.15, -0.1) is 0 Å². The van der Waals surface area contributed by atoms with Gasteiger partial charge < -0.3 is 18.8 Å². The van der Waals surface area contributed by atoms with Crippen molar-refractivity contribution < 1.29 is 18.8 Å². The standard InChI is InChI=1S/C15H24BNO4/c1-11-9-12(10-17-13(11)19-8-7-18-6)16-20-14(2,3)15(4,5)21-16/h9-10H,7-8H2,1-6H3. The molecule has 1 aromatic rings. The van der Waals surface area contributed by atoms with Crippen LogP contribution in [0, 0.1) is 6.92 Å². The fourth-order valence-electron chi connectivity index (χ4n) is 2.06. The SMILES string of the molecule is COCCOc1ncc(B2OC(C)(C)C(C)(C)O2)cc1C. The lowest BCUT2D eigenvalue weighted by Crippen LogP contribution is -2.41. The molecule has 5 nitrogen and oxygen atoms in total. The second-order valence-electron chi connectivity index (χ2n) is 6.32. The number of aromatic nitrogens is 1. The van der Waals surface area contributed by atoms with Crippen molar-refractivity contribution in [2.24, 2.45) is 0 Å². The molecule has 1 fully saturated rings. The molecule has 2 rings (SSSR count). The van der Waals surface area contributed by atoms with Crippen LogP contribution in [0.25, 0.3) is 0 Å². The number of methoxy groups -OCH3 is 1. The average molecular weight is 293 g/mol. The van der Waals surface area contributed by atoms with E-state index in [0.717, 1.165) is 11.0 Å². The highest BCUT2D eigenvalue weighted by Gasteiger charge is 2.51. The molecule has 1 aliphatic rings. The highest BCUT2D eigenvalue weighted by Crippen LogP contribution is 2.36. The van der Waals surface area contributed by atoms with Gasteiger partial charge in [-0.2, -0.15) is 0 Å². The van der Waals surface area contributed by atoms with Crippen LogP contribution < -0.4 is 10.2 Å². The Hall–Kier alpha value is -1.11. The maximum atomic E-state index is 6.02. The molecule has 0 amide bonds. The third-order valence-corrected chi connectivity index (χ3v) is 4.10. The van der Waals surface area contributed by atoms with Crippen LogP contribution in [0.1, 0.15) is 33.3 Å². The van der Waals surface area contributed by atoms with Crippen LogP contribution in [0.2, 0.25) is 0 Å². The molecule has 0 aromatic carbocycles. The van der Waals surface area contributed by atoms with Gasteiger partial charge in [-0.1, -0.05) is 6.07 Å². The molecule has 0 N–H and O–H groups in total. The Labute approximate surface area is 127 Å². The maximum absolute atomic E-state index is 6.02. The first-order chi connectivity index (χ1) is 9.77. The van der Waals surface area contributed by atoms with E-state index >= 15 is 0 Å². The number of hydrogen-bond donors (Lipinski definition) is 0. The van der Waals surface area contributed by atoms with E-state index in [1.165, 1.54) is 0 Å². The molecule has 0 unspecified atom stereocenters. The Morgan fingerprint density at radius 1 is 1.14 bits per heavy atom. The number of aryl methyl sites for hydroxylation is 1. The summed E-state index contributed by atoms with van der Waals surface area (Å²) in [6.07, 6.45) is 1.75. The van der Waals surface area contributed by atoms with Crippen molar-refractivity contribution in [2.75, 3.05) is 20.3 Å². The fraction of sp³-hybridized carbons (Fsp3) is 0.667. The molecule has 0 saturated carbocycles. The van der Waals surface area contributed by atoms with Crippen LogP contribution in [0.3, 0.4) is 0 Å². The predicted octanol–water partition coefficient (Wildman–Crippen LogP) is 1.71. The van der Waals surface area contributed by atoms with Crippen molar-refractivity contribution in [3.05, 3.63) is 17.8 Å². The Morgan fingerprint density at radius 3 is 2.29 bits per heavy atom. The molecule has 1 saturated heterocycles. The highest BCUT2D eigenvalue weighted by atomic mass is 16.7. The fourth-order valence-corrected chi connectivity index (χ4v) is 2.06. The Bertz CT molecular complexity index is 488. The monoisotopic (exact) mass is 293 g/mol. The molecule has 1 aliphatic heterocycles. The summed E-state index contributed by atoms with van der Waals surface area (Å²) < 4.78 is 22.6. The van der Waals surface area contributed by atoms with Crippen LogP contribution in [0.5, 0.6) is 5.88 Å². The van der Waals surface area contributed by atoms with Gasteiger partial charge in [0.25, 0.3) is 0 Å². The molecular formula is C15H24BNO4. The second-order valence-corrected chi connectivity index (χ2v) is 6.32. The van der Waals surface area contributed by atoms with Gasteiger partial charge in [-0.3, -0.25) is 0 Å². The molecule has 0 aliphatic carbocycles. The summed E-state index contributed by atoms with van der Waals surface area (Å²) in [5.74, 6) is 0.618. The number of ether oxygens (including phenoxy) is 2. The second kappa shape index (κ2) is 5.95. The zero-order chi connectivity index (χ0) is 15.7. The smallest absolute Gasteiger partial charge is 0.475 e. The van der Waals surface area contributed by atoms with E-state index in [9.17, 15) is 0 Å². The normalized spacial score (nSPS) is 19.8. The van der Waals surface area contributed by atoms with E-state index in [-0.39, 0.29) is 11.2 Å². The molecule has 0 atom stereocenters. The first-order valence-electron chi connectivity index (χ1n) is 7.21. The van der Waals surface area contributed by atoms with Gasteiger partial charge in [0, 0.05) is 24.3 Å². The summed E-state index contributed by atoms with van der Waals surface area (Å²) in [6, 6.07) is 2.00. The predicted molar refractivity (Wildman–Crippen MR) is 82.1 cm³/mol. The van der Waals surface area contributed by atoms with Crippen LogP contribution >= 0.6 is 0 Å². The van der Waals surface area contributed by atoms with Gasteiger partial charge in [-0.25, -0.2) is 4.98 Å². The van der Waals surface area contributed by atoms with Crippen LogP contribution in [-0.4, -0.2) is 43.6 Å². The quantitative estimate of drug-likeness (QED) is 0.611.